The van der Waals surface area contributed by atoms with Crippen molar-refractivity contribution in [2.45, 2.75) is 0 Å². The smallest absolute Gasteiger partial charge is 0.257 e. The highest BCUT2D eigenvalue weighted by atomic mass is 79.9. The van der Waals surface area contributed by atoms with E-state index in [0.717, 1.165) is 0 Å². The Kier molecular flexibility index (Phi) is 5.11. The average Bonchev–Trinajstić information content (AvgIpc) is 2.54. The quantitative estimate of drug-likeness (QED) is 0.874. The van der Waals surface area contributed by atoms with Gasteiger partial charge in [0, 0.05) is 29.5 Å². The lowest BCUT2D eigenvalue weighted by Crippen LogP contribution is -2.18. The number of nitrogens with one attached hydrogen (secondary N) is 2. The van der Waals surface area contributed by atoms with Gasteiger partial charge in [-0.3, -0.25) is 14.6 Å². The van der Waals surface area contributed by atoms with Gasteiger partial charge in [-0.25, -0.2) is 0 Å². The van der Waals surface area contributed by atoms with E-state index in [2.05, 4.69) is 31.5 Å². The van der Waals surface area contributed by atoms with Gasteiger partial charge in [0.05, 0.1) is 18.4 Å². The summed E-state index contributed by atoms with van der Waals surface area (Å²) >= 11 is 3.27. The van der Waals surface area contributed by atoms with Crippen molar-refractivity contribution >= 4 is 33.4 Å². The number of hydrogen-bond acceptors (Lipinski definition) is 4. The molecule has 0 unspecified atom stereocenters. The number of nitrogens with zero attached hydrogens (tertiary/aromatic N) is 1. The molecule has 6 nitrogen and oxygen atoms in total. The van der Waals surface area contributed by atoms with Crippen LogP contribution in [0.15, 0.2) is 41.1 Å². The number of rotatable bonds is 4. The van der Waals surface area contributed by atoms with Crippen molar-refractivity contribution in [2.24, 2.45) is 0 Å². The van der Waals surface area contributed by atoms with Crippen LogP contribution in [0.1, 0.15) is 20.7 Å². The second-order valence-electron chi connectivity index (χ2n) is 4.34. The molecule has 0 aliphatic heterocycles. The van der Waals surface area contributed by atoms with Crippen LogP contribution in [-0.4, -0.2) is 31.0 Å². The zero-order chi connectivity index (χ0) is 16.1. The molecule has 0 spiro atoms. The zero-order valence-corrected chi connectivity index (χ0v) is 13.6. The summed E-state index contributed by atoms with van der Waals surface area (Å²) in [5, 5.41) is 5.26. The van der Waals surface area contributed by atoms with Gasteiger partial charge in [-0.15, -0.1) is 0 Å². The van der Waals surface area contributed by atoms with Gasteiger partial charge in [-0.1, -0.05) is 0 Å². The summed E-state index contributed by atoms with van der Waals surface area (Å²) in [4.78, 5) is 27.8. The first-order valence-corrected chi connectivity index (χ1v) is 7.16. The predicted molar refractivity (Wildman–Crippen MR) is 86.3 cm³/mol. The van der Waals surface area contributed by atoms with E-state index in [4.69, 9.17) is 4.74 Å². The van der Waals surface area contributed by atoms with Crippen molar-refractivity contribution in [1.29, 1.82) is 0 Å². The Labute approximate surface area is 136 Å². The molecule has 1 heterocycles. The summed E-state index contributed by atoms with van der Waals surface area (Å²) in [7, 11) is 3.02. The molecule has 114 valence electrons. The summed E-state index contributed by atoms with van der Waals surface area (Å²) in [5.74, 6) is -0.149. The topological polar surface area (TPSA) is 80.3 Å². The summed E-state index contributed by atoms with van der Waals surface area (Å²) in [5.41, 5.74) is 1.33. The lowest BCUT2D eigenvalue weighted by atomic mass is 10.1. The van der Waals surface area contributed by atoms with Crippen LogP contribution < -0.4 is 15.4 Å². The maximum atomic E-state index is 12.2. The molecule has 0 atom stereocenters. The van der Waals surface area contributed by atoms with Crippen LogP contribution in [0.3, 0.4) is 0 Å². The Morgan fingerprint density at radius 1 is 1.14 bits per heavy atom. The molecule has 0 bridgehead atoms. The maximum Gasteiger partial charge on any atom is 0.257 e. The lowest BCUT2D eigenvalue weighted by molar-refractivity contribution is 0.0962. The molecule has 0 saturated heterocycles. The average molecular weight is 364 g/mol. The molecule has 0 fully saturated rings. The van der Waals surface area contributed by atoms with E-state index >= 15 is 0 Å². The van der Waals surface area contributed by atoms with Crippen LogP contribution in [0.5, 0.6) is 5.75 Å². The molecule has 2 rings (SSSR count). The molecular weight excluding hydrogens is 350 g/mol. The fourth-order valence-corrected chi connectivity index (χ4v) is 2.18. The first kappa shape index (κ1) is 16.0. The third kappa shape index (κ3) is 3.62. The van der Waals surface area contributed by atoms with Crippen molar-refractivity contribution in [2.75, 3.05) is 19.5 Å². The van der Waals surface area contributed by atoms with Gasteiger partial charge >= 0.3 is 0 Å². The number of carbonyl (C=O) groups excluding carboxylic acids is 2. The van der Waals surface area contributed by atoms with Crippen LogP contribution in [0.2, 0.25) is 0 Å². The number of anilines is 1. The molecule has 2 N–H and O–H groups in total. The first-order valence-electron chi connectivity index (χ1n) is 6.37. The van der Waals surface area contributed by atoms with Gasteiger partial charge in [-0.2, -0.15) is 0 Å². The molecule has 7 heteroatoms. The number of hydrogen-bond donors (Lipinski definition) is 2. The number of methoxy groups -OCH3 is 1. The van der Waals surface area contributed by atoms with Crippen LogP contribution in [0, 0.1) is 0 Å². The van der Waals surface area contributed by atoms with Crippen molar-refractivity contribution in [1.82, 2.24) is 10.3 Å². The molecule has 1 aromatic heterocycles. The fraction of sp³-hybridized carbons (Fsp3) is 0.133. The van der Waals surface area contributed by atoms with Gasteiger partial charge in [0.1, 0.15) is 5.75 Å². The van der Waals surface area contributed by atoms with E-state index < -0.39 is 0 Å². The number of pyridine rings is 1. The summed E-state index contributed by atoms with van der Waals surface area (Å²) in [6, 6.07) is 6.45. The second-order valence-corrected chi connectivity index (χ2v) is 5.26. The van der Waals surface area contributed by atoms with Crippen LogP contribution in [0.4, 0.5) is 5.69 Å². The van der Waals surface area contributed by atoms with Crippen molar-refractivity contribution in [3.8, 4) is 5.75 Å². The van der Waals surface area contributed by atoms with Crippen LogP contribution in [-0.2, 0) is 0 Å². The number of amides is 2. The third-order valence-corrected chi connectivity index (χ3v) is 3.34. The highest BCUT2D eigenvalue weighted by Gasteiger charge is 2.13. The Morgan fingerprint density at radius 3 is 2.55 bits per heavy atom. The van der Waals surface area contributed by atoms with E-state index in [1.165, 1.54) is 13.3 Å². The summed E-state index contributed by atoms with van der Waals surface area (Å²) in [6.45, 7) is 0. The SMILES string of the molecule is CNC(=O)c1ccc(NC(=O)c2cncc(Br)c2)c(OC)c1. The Morgan fingerprint density at radius 2 is 1.91 bits per heavy atom. The second kappa shape index (κ2) is 7.04. The largest absolute Gasteiger partial charge is 0.495 e. The minimum atomic E-state index is -0.320. The van der Waals surface area contributed by atoms with E-state index in [-0.39, 0.29) is 11.8 Å². The number of benzene rings is 1. The molecule has 0 radical (unpaired) electrons. The normalized spacial score (nSPS) is 9.95. The van der Waals surface area contributed by atoms with Crippen LogP contribution in [0.25, 0.3) is 0 Å². The van der Waals surface area contributed by atoms with Crippen molar-refractivity contribution in [3.63, 3.8) is 0 Å². The molecule has 0 aliphatic rings. The van der Waals surface area contributed by atoms with E-state index in [1.54, 1.807) is 37.5 Å². The minimum absolute atomic E-state index is 0.229. The Bertz CT molecular complexity index is 719. The van der Waals surface area contributed by atoms with E-state index in [0.29, 0.717) is 27.0 Å². The zero-order valence-electron chi connectivity index (χ0n) is 12.0. The highest BCUT2D eigenvalue weighted by molar-refractivity contribution is 9.10. The van der Waals surface area contributed by atoms with Gasteiger partial charge in [0.25, 0.3) is 11.8 Å². The van der Waals surface area contributed by atoms with Gasteiger partial charge in [-0.05, 0) is 40.2 Å². The van der Waals surface area contributed by atoms with Gasteiger partial charge in [0.2, 0.25) is 0 Å². The number of halogens is 1. The van der Waals surface area contributed by atoms with E-state index in [9.17, 15) is 9.59 Å². The Balaban J connectivity index is 2.25. The van der Waals surface area contributed by atoms with Crippen LogP contribution >= 0.6 is 15.9 Å². The van der Waals surface area contributed by atoms with Gasteiger partial charge < -0.3 is 15.4 Å². The summed E-state index contributed by atoms with van der Waals surface area (Å²) < 4.78 is 5.93. The number of ether oxygens (including phenoxy) is 1. The molecule has 1 aromatic carbocycles. The molecule has 22 heavy (non-hydrogen) atoms. The first-order chi connectivity index (χ1) is 10.5. The number of aromatic nitrogens is 1. The maximum absolute atomic E-state index is 12.2. The molecule has 0 aliphatic carbocycles. The summed E-state index contributed by atoms with van der Waals surface area (Å²) in [6.07, 6.45) is 3.06. The standard InChI is InChI=1S/C15H14BrN3O3/c1-17-14(20)9-3-4-12(13(6-9)22-2)19-15(21)10-5-11(16)8-18-7-10/h3-8H,1-2H3,(H,17,20)(H,19,21). The molecule has 0 saturated carbocycles. The molecule has 2 amide bonds. The lowest BCUT2D eigenvalue weighted by Gasteiger charge is -2.11. The highest BCUT2D eigenvalue weighted by Crippen LogP contribution is 2.26. The number of carbonyl (C=O) groups is 2. The minimum Gasteiger partial charge on any atom is -0.495 e. The predicted octanol–water partition coefficient (Wildman–Crippen LogP) is 2.46. The van der Waals surface area contributed by atoms with Gasteiger partial charge in [0.15, 0.2) is 0 Å². The monoisotopic (exact) mass is 363 g/mol. The van der Waals surface area contributed by atoms with Crippen molar-refractivity contribution in [3.05, 3.63) is 52.3 Å². The van der Waals surface area contributed by atoms with E-state index in [1.807, 2.05) is 0 Å². The Hall–Kier alpha value is -2.41. The third-order valence-electron chi connectivity index (χ3n) is 2.91. The molecular formula is C15H14BrN3O3. The fourth-order valence-electron chi connectivity index (χ4n) is 1.81. The molecule has 2 aromatic rings. The van der Waals surface area contributed by atoms with Crippen molar-refractivity contribution < 1.29 is 14.3 Å².